The van der Waals surface area contributed by atoms with Crippen molar-refractivity contribution < 1.29 is 9.36 Å². The maximum atomic E-state index is 11.7. The highest BCUT2D eigenvalue weighted by Gasteiger charge is 2.22. The van der Waals surface area contributed by atoms with Crippen LogP contribution in [0.3, 0.4) is 0 Å². The molecule has 7 nitrogen and oxygen atoms in total. The third-order valence-corrected chi connectivity index (χ3v) is 6.02. The lowest BCUT2D eigenvalue weighted by atomic mass is 10.2. The van der Waals surface area contributed by atoms with Crippen LogP contribution in [0.1, 0.15) is 42.9 Å². The summed E-state index contributed by atoms with van der Waals surface area (Å²) in [6.45, 7) is 3.79. The maximum Gasteiger partial charge on any atom is 0.282 e. The fourth-order valence-electron chi connectivity index (χ4n) is 3.60. The first kappa shape index (κ1) is 23.3. The standard InChI is InChI=1S/C22H28Cl2N6O/c1-15-18(28-14-27-15)7-8-22-29(2)19-12-16(23)17(24)13-20(19)30(22)11-5-3-4-6-21(31)26-10-9-25/h7-8,12-14H,3-6,9-11,25H2,1-2H3,(H,26,31)/p+1. The van der Waals surface area contributed by atoms with E-state index in [-0.39, 0.29) is 5.91 Å². The van der Waals surface area contributed by atoms with Gasteiger partial charge in [-0.3, -0.25) is 4.79 Å². The summed E-state index contributed by atoms with van der Waals surface area (Å²) in [4.78, 5) is 19.2. The zero-order valence-electron chi connectivity index (χ0n) is 17.9. The van der Waals surface area contributed by atoms with Gasteiger partial charge in [0.25, 0.3) is 5.82 Å². The van der Waals surface area contributed by atoms with E-state index in [2.05, 4.69) is 30.5 Å². The zero-order valence-corrected chi connectivity index (χ0v) is 19.4. The Bertz CT molecular complexity index is 1090. The van der Waals surface area contributed by atoms with E-state index in [4.69, 9.17) is 28.9 Å². The topological polar surface area (TPSA) is 92.6 Å². The fourth-order valence-corrected chi connectivity index (χ4v) is 3.91. The number of halogens is 2. The van der Waals surface area contributed by atoms with Gasteiger partial charge in [0, 0.05) is 43.4 Å². The van der Waals surface area contributed by atoms with Crippen LogP contribution < -0.4 is 15.6 Å². The van der Waals surface area contributed by atoms with Crippen molar-refractivity contribution in [2.45, 2.75) is 39.2 Å². The van der Waals surface area contributed by atoms with Gasteiger partial charge in [0.15, 0.2) is 11.0 Å². The number of hydrogen-bond donors (Lipinski definition) is 3. The van der Waals surface area contributed by atoms with Crippen molar-refractivity contribution in [3.05, 3.63) is 45.7 Å². The quantitative estimate of drug-likeness (QED) is 0.316. The second kappa shape index (κ2) is 10.8. The van der Waals surface area contributed by atoms with Crippen molar-refractivity contribution in [2.75, 3.05) is 13.1 Å². The molecule has 3 rings (SSSR count). The van der Waals surface area contributed by atoms with Gasteiger partial charge in [0.2, 0.25) is 5.91 Å². The molecule has 4 N–H and O–H groups in total. The number of aryl methyl sites for hydroxylation is 3. The Kier molecular flexibility index (Phi) is 8.12. The van der Waals surface area contributed by atoms with E-state index in [0.29, 0.717) is 29.6 Å². The van der Waals surface area contributed by atoms with Gasteiger partial charge in [0.1, 0.15) is 0 Å². The summed E-state index contributed by atoms with van der Waals surface area (Å²) in [6, 6.07) is 3.81. The molecule has 0 saturated carbocycles. The molecule has 0 fully saturated rings. The molecule has 0 aliphatic carbocycles. The molecule has 0 atom stereocenters. The molecule has 0 spiro atoms. The third kappa shape index (κ3) is 5.67. The number of aromatic amines is 1. The molecule has 31 heavy (non-hydrogen) atoms. The largest absolute Gasteiger partial charge is 0.355 e. The first-order valence-electron chi connectivity index (χ1n) is 10.4. The lowest BCUT2D eigenvalue weighted by Gasteiger charge is -2.04. The molecule has 0 saturated heterocycles. The van der Waals surface area contributed by atoms with Crippen molar-refractivity contribution in [2.24, 2.45) is 12.8 Å². The Labute approximate surface area is 192 Å². The number of nitrogens with zero attached hydrogens (tertiary/aromatic N) is 3. The molecule has 0 aliphatic rings. The van der Waals surface area contributed by atoms with Crippen LogP contribution in [0, 0.1) is 6.92 Å². The SMILES string of the molecule is Cc1[nH]cnc1/C=C/c1n(CCCCCC(=O)NCCN)c2cc(Cl)c(Cl)cc2[n+]1C. The number of aromatic nitrogens is 4. The van der Waals surface area contributed by atoms with Crippen molar-refractivity contribution in [1.29, 1.82) is 0 Å². The summed E-state index contributed by atoms with van der Waals surface area (Å²) in [7, 11) is 2.02. The summed E-state index contributed by atoms with van der Waals surface area (Å²) in [5.74, 6) is 1.08. The summed E-state index contributed by atoms with van der Waals surface area (Å²) in [5, 5.41) is 3.87. The first-order chi connectivity index (χ1) is 14.9. The average molecular weight is 464 g/mol. The number of carbonyl (C=O) groups excluding carboxylic acids is 1. The number of carbonyl (C=O) groups is 1. The van der Waals surface area contributed by atoms with E-state index in [1.807, 2.05) is 32.2 Å². The molecule has 166 valence electrons. The summed E-state index contributed by atoms with van der Waals surface area (Å²) >= 11 is 12.6. The Morgan fingerprint density at radius 2 is 2.03 bits per heavy atom. The molecule has 0 radical (unpaired) electrons. The first-order valence-corrected chi connectivity index (χ1v) is 11.2. The van der Waals surface area contributed by atoms with Crippen LogP contribution >= 0.6 is 23.2 Å². The molecule has 3 aromatic rings. The van der Waals surface area contributed by atoms with Gasteiger partial charge >= 0.3 is 0 Å². The van der Waals surface area contributed by atoms with E-state index in [0.717, 1.165) is 54.1 Å². The van der Waals surface area contributed by atoms with Gasteiger partial charge in [-0.1, -0.05) is 23.2 Å². The van der Waals surface area contributed by atoms with Crippen LogP contribution in [0.4, 0.5) is 0 Å². The minimum absolute atomic E-state index is 0.0580. The summed E-state index contributed by atoms with van der Waals surface area (Å²) < 4.78 is 4.35. The number of nitrogens with two attached hydrogens (primary N) is 1. The predicted octanol–water partition coefficient (Wildman–Crippen LogP) is 3.61. The van der Waals surface area contributed by atoms with Crippen LogP contribution in [0.25, 0.3) is 23.2 Å². The number of nitrogens with one attached hydrogen (secondary N) is 2. The average Bonchev–Trinajstić information content (AvgIpc) is 3.26. The fraction of sp³-hybridized carbons (Fsp3) is 0.409. The Balaban J connectivity index is 1.79. The molecule has 2 heterocycles. The molecule has 0 aliphatic heterocycles. The summed E-state index contributed by atoms with van der Waals surface area (Å²) in [6.07, 6.45) is 9.00. The van der Waals surface area contributed by atoms with E-state index in [1.54, 1.807) is 6.33 Å². The monoisotopic (exact) mass is 463 g/mol. The Hall–Kier alpha value is -2.35. The maximum absolute atomic E-state index is 11.7. The highest BCUT2D eigenvalue weighted by atomic mass is 35.5. The van der Waals surface area contributed by atoms with Crippen LogP contribution in [0.15, 0.2) is 18.5 Å². The molecule has 1 amide bonds. The van der Waals surface area contributed by atoms with Crippen molar-refractivity contribution in [3.8, 4) is 0 Å². The smallest absolute Gasteiger partial charge is 0.282 e. The number of hydrogen-bond acceptors (Lipinski definition) is 3. The molecule has 1 aromatic carbocycles. The second-order valence-corrected chi connectivity index (χ2v) is 8.33. The highest BCUT2D eigenvalue weighted by Crippen LogP contribution is 2.28. The van der Waals surface area contributed by atoms with Crippen molar-refractivity contribution in [3.63, 3.8) is 0 Å². The lowest BCUT2D eigenvalue weighted by molar-refractivity contribution is -0.647. The van der Waals surface area contributed by atoms with Gasteiger partial charge < -0.3 is 16.0 Å². The number of H-pyrrole nitrogens is 1. The third-order valence-electron chi connectivity index (χ3n) is 5.30. The molecule has 0 bridgehead atoms. The highest BCUT2D eigenvalue weighted by molar-refractivity contribution is 6.42. The minimum atomic E-state index is 0.0580. The predicted molar refractivity (Wildman–Crippen MR) is 126 cm³/mol. The van der Waals surface area contributed by atoms with Crippen molar-refractivity contribution in [1.82, 2.24) is 19.9 Å². The van der Waals surface area contributed by atoms with Crippen LogP contribution in [0.2, 0.25) is 10.0 Å². The van der Waals surface area contributed by atoms with Gasteiger partial charge in [-0.2, -0.15) is 0 Å². The Morgan fingerprint density at radius 3 is 2.74 bits per heavy atom. The number of benzene rings is 1. The molecule has 2 aromatic heterocycles. The second-order valence-electron chi connectivity index (χ2n) is 7.52. The number of unbranched alkanes of at least 4 members (excludes halogenated alkanes) is 2. The Morgan fingerprint density at radius 1 is 1.26 bits per heavy atom. The number of fused-ring (bicyclic) bond motifs is 1. The number of amides is 1. The van der Waals surface area contributed by atoms with Crippen molar-refractivity contribution >= 4 is 52.3 Å². The minimum Gasteiger partial charge on any atom is -0.355 e. The van der Waals surface area contributed by atoms with E-state index in [9.17, 15) is 4.79 Å². The summed E-state index contributed by atoms with van der Waals surface area (Å²) in [5.41, 5.74) is 9.36. The molecular formula is C22H29Cl2N6O+. The van der Waals surface area contributed by atoms with Gasteiger partial charge in [-0.05, 0) is 32.3 Å². The number of imidazole rings is 2. The van der Waals surface area contributed by atoms with Gasteiger partial charge in [-0.25, -0.2) is 14.1 Å². The lowest BCUT2D eigenvalue weighted by Crippen LogP contribution is -2.31. The van der Waals surface area contributed by atoms with Gasteiger partial charge in [0.05, 0.1) is 35.7 Å². The van der Waals surface area contributed by atoms with Gasteiger partial charge in [-0.15, -0.1) is 0 Å². The molecular weight excluding hydrogens is 435 g/mol. The van der Waals surface area contributed by atoms with Crippen LogP contribution in [-0.4, -0.2) is 33.5 Å². The van der Waals surface area contributed by atoms with Crippen LogP contribution in [0.5, 0.6) is 0 Å². The zero-order chi connectivity index (χ0) is 22.4. The van der Waals surface area contributed by atoms with E-state index >= 15 is 0 Å². The van der Waals surface area contributed by atoms with Crippen LogP contribution in [-0.2, 0) is 18.4 Å². The number of rotatable bonds is 10. The molecule has 0 unspecified atom stereocenters. The van der Waals surface area contributed by atoms with E-state index in [1.165, 1.54) is 0 Å². The normalized spacial score (nSPS) is 11.6. The molecule has 9 heteroatoms. The van der Waals surface area contributed by atoms with E-state index < -0.39 is 0 Å².